The van der Waals surface area contributed by atoms with E-state index in [2.05, 4.69) is 27.8 Å². The summed E-state index contributed by atoms with van der Waals surface area (Å²) in [6, 6.07) is 10.5. The topological polar surface area (TPSA) is 52.0 Å². The van der Waals surface area contributed by atoms with Gasteiger partial charge in [0.1, 0.15) is 5.69 Å². The molecule has 1 saturated heterocycles. The van der Waals surface area contributed by atoms with Crippen molar-refractivity contribution in [3.8, 4) is 11.3 Å². The summed E-state index contributed by atoms with van der Waals surface area (Å²) >= 11 is 0. The van der Waals surface area contributed by atoms with E-state index in [0.717, 1.165) is 30.0 Å². The normalized spacial score (nSPS) is 25.8. The fourth-order valence-corrected chi connectivity index (χ4v) is 2.78. The van der Waals surface area contributed by atoms with E-state index < -0.39 is 0 Å². The predicted octanol–water partition coefficient (Wildman–Crippen LogP) is 0.988. The van der Waals surface area contributed by atoms with Crippen molar-refractivity contribution in [1.29, 1.82) is 0 Å². The van der Waals surface area contributed by atoms with E-state index >= 15 is 0 Å². The van der Waals surface area contributed by atoms with E-state index in [1.54, 1.807) is 0 Å². The number of rotatable bonds is 1. The minimum Gasteiger partial charge on any atom is -0.368 e. The lowest BCUT2D eigenvalue weighted by Gasteiger charge is -2.26. The maximum atomic E-state index is 5.89. The van der Waals surface area contributed by atoms with Gasteiger partial charge in [0, 0.05) is 18.7 Å². The molecule has 0 radical (unpaired) electrons. The van der Waals surface area contributed by atoms with Gasteiger partial charge in [-0.2, -0.15) is 0 Å². The smallest absolute Gasteiger partial charge is 0.118 e. The summed E-state index contributed by atoms with van der Waals surface area (Å²) in [5, 5.41) is 12.0. The van der Waals surface area contributed by atoms with E-state index in [1.165, 1.54) is 0 Å². The highest BCUT2D eigenvalue weighted by Gasteiger charge is 2.36. The first-order chi connectivity index (χ1) is 8.93. The molecule has 1 aromatic heterocycles. The highest BCUT2D eigenvalue weighted by Crippen LogP contribution is 2.31. The minimum atomic E-state index is 0.239. The van der Waals surface area contributed by atoms with Crippen LogP contribution >= 0.6 is 0 Å². The van der Waals surface area contributed by atoms with Crippen molar-refractivity contribution in [2.75, 3.05) is 13.1 Å². The first kappa shape index (κ1) is 10.2. The molecule has 0 aliphatic carbocycles. The monoisotopic (exact) mass is 242 g/mol. The van der Waals surface area contributed by atoms with Crippen LogP contribution in [0.3, 0.4) is 0 Å². The molecule has 0 amide bonds. The molecule has 4 rings (SSSR count). The Hall–Kier alpha value is -1.72. The van der Waals surface area contributed by atoms with Crippen LogP contribution in [0.25, 0.3) is 11.3 Å². The first-order valence-corrected chi connectivity index (χ1v) is 6.25. The van der Waals surface area contributed by atoms with Crippen LogP contribution in [-0.2, 0) is 11.3 Å². The molecule has 3 heterocycles. The molecule has 2 aromatic rings. The van der Waals surface area contributed by atoms with Crippen molar-refractivity contribution in [2.24, 2.45) is 0 Å². The standard InChI is InChI=1S/C13H14N4O/c1-2-4-9(5-3-1)13-11-8-18-12-7-14-6-10(12)17(11)16-15-13/h1-5,10,12,14H,6-8H2/t10-,12+/m0/s1. The first-order valence-electron chi connectivity index (χ1n) is 6.25. The van der Waals surface area contributed by atoms with Crippen LogP contribution < -0.4 is 5.32 Å². The van der Waals surface area contributed by atoms with Crippen LogP contribution in [0.15, 0.2) is 30.3 Å². The molecule has 5 heteroatoms. The van der Waals surface area contributed by atoms with Gasteiger partial charge in [-0.3, -0.25) is 0 Å². The molecular weight excluding hydrogens is 228 g/mol. The summed E-state index contributed by atoms with van der Waals surface area (Å²) in [4.78, 5) is 0. The minimum absolute atomic E-state index is 0.239. The van der Waals surface area contributed by atoms with Crippen molar-refractivity contribution < 1.29 is 4.74 Å². The average molecular weight is 242 g/mol. The summed E-state index contributed by atoms with van der Waals surface area (Å²) in [6.45, 7) is 2.42. The Balaban J connectivity index is 1.80. The summed E-state index contributed by atoms with van der Waals surface area (Å²) < 4.78 is 7.92. The molecule has 1 fully saturated rings. The van der Waals surface area contributed by atoms with Gasteiger partial charge in [0.05, 0.1) is 24.4 Å². The molecule has 2 aliphatic heterocycles. The van der Waals surface area contributed by atoms with Gasteiger partial charge in [0.2, 0.25) is 0 Å². The number of aromatic nitrogens is 3. The van der Waals surface area contributed by atoms with E-state index in [-0.39, 0.29) is 6.10 Å². The van der Waals surface area contributed by atoms with E-state index in [1.807, 2.05) is 22.9 Å². The predicted molar refractivity (Wildman–Crippen MR) is 65.9 cm³/mol. The van der Waals surface area contributed by atoms with Gasteiger partial charge in [0.25, 0.3) is 0 Å². The lowest BCUT2D eigenvalue weighted by molar-refractivity contribution is -0.00261. The molecule has 0 unspecified atom stereocenters. The summed E-state index contributed by atoms with van der Waals surface area (Å²) in [5.74, 6) is 0. The van der Waals surface area contributed by atoms with Crippen LogP contribution in [0.1, 0.15) is 11.7 Å². The van der Waals surface area contributed by atoms with Crippen LogP contribution in [0.2, 0.25) is 0 Å². The van der Waals surface area contributed by atoms with Gasteiger partial charge in [-0.15, -0.1) is 5.10 Å². The third-order valence-electron chi connectivity index (χ3n) is 3.71. The Labute approximate surface area is 105 Å². The van der Waals surface area contributed by atoms with E-state index in [4.69, 9.17) is 4.74 Å². The van der Waals surface area contributed by atoms with Crippen molar-refractivity contribution >= 4 is 0 Å². The molecular formula is C13H14N4O. The zero-order valence-electron chi connectivity index (χ0n) is 9.91. The number of hydrogen-bond donors (Lipinski definition) is 1. The molecule has 2 atom stereocenters. The molecule has 0 spiro atoms. The fraction of sp³-hybridized carbons (Fsp3) is 0.385. The van der Waals surface area contributed by atoms with Gasteiger partial charge in [0.15, 0.2) is 0 Å². The number of nitrogens with one attached hydrogen (secondary N) is 1. The lowest BCUT2D eigenvalue weighted by atomic mass is 10.1. The van der Waals surface area contributed by atoms with Gasteiger partial charge in [-0.1, -0.05) is 35.5 Å². The maximum absolute atomic E-state index is 5.89. The highest BCUT2D eigenvalue weighted by molar-refractivity contribution is 5.61. The van der Waals surface area contributed by atoms with Crippen molar-refractivity contribution in [2.45, 2.75) is 18.8 Å². The number of hydrogen-bond acceptors (Lipinski definition) is 4. The van der Waals surface area contributed by atoms with Crippen LogP contribution in [-0.4, -0.2) is 34.2 Å². The zero-order valence-corrected chi connectivity index (χ0v) is 9.91. The lowest BCUT2D eigenvalue weighted by Crippen LogP contribution is -2.32. The third-order valence-corrected chi connectivity index (χ3v) is 3.71. The fourth-order valence-electron chi connectivity index (χ4n) is 2.78. The van der Waals surface area contributed by atoms with Gasteiger partial charge in [-0.05, 0) is 0 Å². The SMILES string of the molecule is c1ccc(-c2nnn3c2CO[C@@H]2CNC[C@@H]23)cc1. The molecule has 18 heavy (non-hydrogen) atoms. The second kappa shape index (κ2) is 3.90. The molecule has 1 N–H and O–H groups in total. The van der Waals surface area contributed by atoms with Crippen LogP contribution in [0.4, 0.5) is 0 Å². The Morgan fingerprint density at radius 1 is 1.22 bits per heavy atom. The molecule has 1 aromatic carbocycles. The van der Waals surface area contributed by atoms with Crippen molar-refractivity contribution in [1.82, 2.24) is 20.3 Å². The number of fused-ring (bicyclic) bond motifs is 3. The number of nitrogens with zero attached hydrogens (tertiary/aromatic N) is 3. The second-order valence-electron chi connectivity index (χ2n) is 4.77. The summed E-state index contributed by atoms with van der Waals surface area (Å²) in [6.07, 6.45) is 0.239. The van der Waals surface area contributed by atoms with Crippen molar-refractivity contribution in [3.63, 3.8) is 0 Å². The molecule has 0 saturated carbocycles. The Morgan fingerprint density at radius 3 is 3.00 bits per heavy atom. The Kier molecular flexibility index (Phi) is 2.21. The molecule has 5 nitrogen and oxygen atoms in total. The third kappa shape index (κ3) is 1.41. The van der Waals surface area contributed by atoms with Gasteiger partial charge >= 0.3 is 0 Å². The summed E-state index contributed by atoms with van der Waals surface area (Å²) in [5.41, 5.74) is 3.14. The zero-order chi connectivity index (χ0) is 11.9. The highest BCUT2D eigenvalue weighted by atomic mass is 16.5. The molecule has 0 bridgehead atoms. The quantitative estimate of drug-likeness (QED) is 0.810. The number of benzene rings is 1. The second-order valence-corrected chi connectivity index (χ2v) is 4.77. The maximum Gasteiger partial charge on any atom is 0.118 e. The van der Waals surface area contributed by atoms with Crippen LogP contribution in [0, 0.1) is 0 Å². The van der Waals surface area contributed by atoms with Crippen molar-refractivity contribution in [3.05, 3.63) is 36.0 Å². The summed E-state index contributed by atoms with van der Waals surface area (Å²) in [7, 11) is 0. The Morgan fingerprint density at radius 2 is 2.11 bits per heavy atom. The van der Waals surface area contributed by atoms with Gasteiger partial charge in [-0.25, -0.2) is 4.68 Å². The van der Waals surface area contributed by atoms with Crippen LogP contribution in [0.5, 0.6) is 0 Å². The Bertz CT molecular complexity index is 566. The largest absolute Gasteiger partial charge is 0.368 e. The van der Waals surface area contributed by atoms with E-state index in [0.29, 0.717) is 12.6 Å². The molecule has 92 valence electrons. The average Bonchev–Trinajstić information content (AvgIpc) is 3.05. The molecule has 2 aliphatic rings. The van der Waals surface area contributed by atoms with Gasteiger partial charge < -0.3 is 10.1 Å². The van der Waals surface area contributed by atoms with E-state index in [9.17, 15) is 0 Å². The number of ether oxygens (including phenoxy) is 1.